The molecule has 34 heavy (non-hydrogen) atoms. The molecule has 0 aliphatic heterocycles. The maximum atomic E-state index is 12.7. The summed E-state index contributed by atoms with van der Waals surface area (Å²) in [7, 11) is 0. The van der Waals surface area contributed by atoms with Crippen LogP contribution in [-0.4, -0.2) is 22.2 Å². The van der Waals surface area contributed by atoms with E-state index in [1.54, 1.807) is 0 Å². The first-order chi connectivity index (χ1) is 16.4. The number of benzene rings is 2. The second kappa shape index (κ2) is 10.9. The van der Waals surface area contributed by atoms with Gasteiger partial charge in [0.15, 0.2) is 5.82 Å². The summed E-state index contributed by atoms with van der Waals surface area (Å²) in [5, 5.41) is 10.2. The Morgan fingerprint density at radius 1 is 1.12 bits per heavy atom. The first-order valence-electron chi connectivity index (χ1n) is 12.6. The number of nitrogens with zero attached hydrogens (tertiary/aromatic N) is 1. The van der Waals surface area contributed by atoms with Crippen molar-refractivity contribution < 1.29 is 9.53 Å². The number of rotatable bonds is 9. The molecule has 0 spiro atoms. The monoisotopic (exact) mass is 459 g/mol. The topological polar surface area (TPSA) is 67.0 Å². The summed E-state index contributed by atoms with van der Waals surface area (Å²) < 4.78 is 6.15. The lowest BCUT2D eigenvalue weighted by molar-refractivity contribution is 0.102. The van der Waals surface area contributed by atoms with Crippen LogP contribution in [0.3, 0.4) is 0 Å². The van der Waals surface area contributed by atoms with Gasteiger partial charge >= 0.3 is 0 Å². The predicted molar refractivity (Wildman–Crippen MR) is 138 cm³/mol. The number of hydrogen-bond acceptors (Lipinski definition) is 3. The van der Waals surface area contributed by atoms with Crippen molar-refractivity contribution in [3.8, 4) is 5.75 Å². The van der Waals surface area contributed by atoms with Gasteiger partial charge in [-0.05, 0) is 98.2 Å². The van der Waals surface area contributed by atoms with Crippen molar-refractivity contribution in [3.05, 3.63) is 76.5 Å². The highest BCUT2D eigenvalue weighted by atomic mass is 16.5. The molecule has 1 heterocycles. The van der Waals surface area contributed by atoms with Crippen molar-refractivity contribution in [2.24, 2.45) is 11.8 Å². The molecule has 1 aromatic heterocycles. The summed E-state index contributed by atoms with van der Waals surface area (Å²) in [6, 6.07) is 16.0. The minimum atomic E-state index is -0.170. The van der Waals surface area contributed by atoms with Gasteiger partial charge in [-0.3, -0.25) is 9.89 Å². The molecule has 1 saturated carbocycles. The van der Waals surface area contributed by atoms with Crippen LogP contribution in [0, 0.1) is 18.8 Å². The van der Waals surface area contributed by atoms with E-state index in [2.05, 4.69) is 61.4 Å². The number of aromatic amines is 1. The summed E-state index contributed by atoms with van der Waals surface area (Å²) in [6.07, 6.45) is 6.57. The molecule has 0 saturated heterocycles. The second-order valence-electron chi connectivity index (χ2n) is 9.93. The Balaban J connectivity index is 1.29. The third-order valence-electron chi connectivity index (χ3n) is 7.15. The number of aryl methyl sites for hydroxylation is 4. The van der Waals surface area contributed by atoms with Crippen LogP contribution in [0.25, 0.3) is 0 Å². The number of aromatic nitrogens is 2. The first kappa shape index (κ1) is 24.1. The van der Waals surface area contributed by atoms with Gasteiger partial charge in [-0.15, -0.1) is 0 Å². The van der Waals surface area contributed by atoms with E-state index in [0.717, 1.165) is 49.5 Å². The lowest BCUT2D eigenvalue weighted by Gasteiger charge is -2.16. The molecule has 2 atom stereocenters. The van der Waals surface area contributed by atoms with Gasteiger partial charge in [0.2, 0.25) is 0 Å². The molecule has 1 aliphatic rings. The fourth-order valence-electron chi connectivity index (χ4n) is 4.79. The van der Waals surface area contributed by atoms with E-state index in [4.69, 9.17) is 4.74 Å². The Morgan fingerprint density at radius 2 is 1.91 bits per heavy atom. The van der Waals surface area contributed by atoms with Crippen molar-refractivity contribution in [1.82, 2.24) is 10.2 Å². The molecule has 1 aliphatic carbocycles. The van der Waals surface area contributed by atoms with Crippen molar-refractivity contribution in [1.29, 1.82) is 0 Å². The van der Waals surface area contributed by atoms with Crippen molar-refractivity contribution in [3.63, 3.8) is 0 Å². The highest BCUT2D eigenvalue weighted by molar-refractivity contribution is 6.03. The third-order valence-corrected chi connectivity index (χ3v) is 7.15. The molecule has 1 fully saturated rings. The van der Waals surface area contributed by atoms with Crippen molar-refractivity contribution in [2.75, 3.05) is 5.32 Å². The van der Waals surface area contributed by atoms with Gasteiger partial charge in [0.05, 0.1) is 6.10 Å². The Labute approximate surface area is 203 Å². The highest BCUT2D eigenvalue weighted by Crippen LogP contribution is 2.33. The molecule has 2 N–H and O–H groups in total. The molecule has 180 valence electrons. The quantitative estimate of drug-likeness (QED) is 0.383. The number of nitrogens with one attached hydrogen (secondary N) is 2. The number of anilines is 1. The molecule has 2 unspecified atom stereocenters. The van der Waals surface area contributed by atoms with Gasteiger partial charge in [0, 0.05) is 17.3 Å². The van der Waals surface area contributed by atoms with Gasteiger partial charge in [-0.1, -0.05) is 39.0 Å². The number of amides is 1. The Bertz CT molecular complexity index is 1100. The van der Waals surface area contributed by atoms with Gasteiger partial charge in [-0.25, -0.2) is 0 Å². The van der Waals surface area contributed by atoms with E-state index in [-0.39, 0.29) is 12.0 Å². The largest absolute Gasteiger partial charge is 0.490 e. The van der Waals surface area contributed by atoms with E-state index in [1.165, 1.54) is 23.1 Å². The molecule has 4 rings (SSSR count). The number of ether oxygens (including phenoxy) is 1. The summed E-state index contributed by atoms with van der Waals surface area (Å²) in [4.78, 5) is 12.7. The Kier molecular flexibility index (Phi) is 7.71. The smallest absolute Gasteiger partial charge is 0.256 e. The minimum Gasteiger partial charge on any atom is -0.490 e. The van der Waals surface area contributed by atoms with Crippen LogP contribution >= 0.6 is 0 Å². The number of carbonyl (C=O) groups is 1. The van der Waals surface area contributed by atoms with Crippen LogP contribution in [0.2, 0.25) is 0 Å². The molecule has 3 aromatic rings. The molecular formula is C29H37N3O2. The summed E-state index contributed by atoms with van der Waals surface area (Å²) in [5.74, 6) is 2.66. The summed E-state index contributed by atoms with van der Waals surface area (Å²) >= 11 is 0. The number of H-pyrrole nitrogens is 1. The second-order valence-corrected chi connectivity index (χ2v) is 9.93. The highest BCUT2D eigenvalue weighted by Gasteiger charge is 2.28. The maximum absolute atomic E-state index is 12.7. The van der Waals surface area contributed by atoms with Crippen LogP contribution in [0.5, 0.6) is 5.75 Å². The van der Waals surface area contributed by atoms with Gasteiger partial charge in [-0.2, -0.15) is 5.10 Å². The zero-order valence-electron chi connectivity index (χ0n) is 20.9. The number of carbonyl (C=O) groups excluding carboxylic acids is 1. The number of hydrogen-bond donors (Lipinski definition) is 2. The molecule has 5 nitrogen and oxygen atoms in total. The normalized spacial score (nSPS) is 17.8. The Hall–Kier alpha value is -3.08. The van der Waals surface area contributed by atoms with Crippen LogP contribution in [0.15, 0.2) is 48.5 Å². The molecule has 1 amide bonds. The molecule has 0 bridgehead atoms. The average molecular weight is 460 g/mol. The van der Waals surface area contributed by atoms with Gasteiger partial charge < -0.3 is 10.1 Å². The minimum absolute atomic E-state index is 0.170. The average Bonchev–Trinajstić information content (AvgIpc) is 3.49. The summed E-state index contributed by atoms with van der Waals surface area (Å²) in [6.45, 7) is 8.90. The van der Waals surface area contributed by atoms with E-state index >= 15 is 0 Å². The van der Waals surface area contributed by atoms with Crippen molar-refractivity contribution >= 4 is 11.7 Å². The van der Waals surface area contributed by atoms with E-state index in [0.29, 0.717) is 17.3 Å². The van der Waals surface area contributed by atoms with E-state index < -0.39 is 0 Å². The van der Waals surface area contributed by atoms with E-state index in [1.807, 2.05) is 30.3 Å². The third kappa shape index (κ3) is 6.07. The lowest BCUT2D eigenvalue weighted by atomic mass is 9.95. The van der Waals surface area contributed by atoms with Gasteiger partial charge in [0.25, 0.3) is 5.91 Å². The summed E-state index contributed by atoms with van der Waals surface area (Å²) in [5.41, 5.74) is 5.63. The van der Waals surface area contributed by atoms with Gasteiger partial charge in [0.1, 0.15) is 5.75 Å². The predicted octanol–water partition coefficient (Wildman–Crippen LogP) is 6.52. The van der Waals surface area contributed by atoms with Crippen LogP contribution in [0.4, 0.5) is 5.82 Å². The van der Waals surface area contributed by atoms with Crippen LogP contribution in [-0.2, 0) is 19.3 Å². The molecule has 5 heteroatoms. The first-order valence-corrected chi connectivity index (χ1v) is 12.6. The van der Waals surface area contributed by atoms with Crippen LogP contribution in [0.1, 0.15) is 72.8 Å². The molecular weight excluding hydrogens is 422 g/mol. The van der Waals surface area contributed by atoms with E-state index in [9.17, 15) is 4.79 Å². The zero-order valence-corrected chi connectivity index (χ0v) is 20.9. The van der Waals surface area contributed by atoms with Crippen LogP contribution < -0.4 is 10.1 Å². The molecule has 2 aromatic carbocycles. The zero-order chi connectivity index (χ0) is 24.1. The Morgan fingerprint density at radius 3 is 2.62 bits per heavy atom. The van der Waals surface area contributed by atoms with Crippen molar-refractivity contribution in [2.45, 2.75) is 72.3 Å². The lowest BCUT2D eigenvalue weighted by Crippen LogP contribution is -2.14. The fourth-order valence-corrected chi connectivity index (χ4v) is 4.79. The fraction of sp³-hybridized carbons (Fsp3) is 0.448. The standard InChI is InChI=1S/C29H37N3O2/c1-5-21-7-6-20(4)24(16-21)8-12-25-18-28(32-31-25)30-29(33)22-9-13-26(14-10-22)34-27-15-11-23(17-27)19(2)3/h6-7,9-10,13-14,16,18-19,23,27H,5,8,11-12,15,17H2,1-4H3,(H2,30,31,32,33). The molecule has 0 radical (unpaired) electrons. The SMILES string of the molecule is CCc1ccc(C)c(CCc2cc(NC(=O)c3ccc(OC4CCC(C(C)C)C4)cc3)n[nH]2)c1. The maximum Gasteiger partial charge on any atom is 0.256 e.